The van der Waals surface area contributed by atoms with Crippen molar-refractivity contribution < 1.29 is 0 Å². The van der Waals surface area contributed by atoms with Crippen LogP contribution in [0, 0.1) is 13.8 Å². The quantitative estimate of drug-likeness (QED) is 0.729. The Morgan fingerprint density at radius 1 is 1.46 bits per heavy atom. The summed E-state index contributed by atoms with van der Waals surface area (Å²) in [5.41, 5.74) is 2.06. The van der Waals surface area contributed by atoms with Crippen molar-refractivity contribution in [1.82, 2.24) is 14.8 Å². The Morgan fingerprint density at radius 3 is 2.69 bits per heavy atom. The number of aromatic nitrogens is 3. The zero-order valence-electron chi connectivity index (χ0n) is 7.28. The molecule has 0 unspecified atom stereocenters. The lowest BCUT2D eigenvalue weighted by molar-refractivity contribution is 0.825. The van der Waals surface area contributed by atoms with Gasteiger partial charge in [-0.05, 0) is 19.9 Å². The topological polar surface area (TPSA) is 30.7 Å². The minimum Gasteiger partial charge on any atom is -0.210 e. The van der Waals surface area contributed by atoms with Crippen LogP contribution in [0.15, 0.2) is 11.4 Å². The van der Waals surface area contributed by atoms with Crippen molar-refractivity contribution in [3.05, 3.63) is 28.0 Å². The Hall–Kier alpha value is -0.870. The third-order valence-electron chi connectivity index (χ3n) is 1.65. The normalized spacial score (nSPS) is 10.7. The summed E-state index contributed by atoms with van der Waals surface area (Å²) < 4.78 is 1.80. The standard InChI is InChI=1S/C8H8ClN3S/c1-5-3-6(2)12(11-5)8-10-7(9)4-13-8/h3-4H,1-2H3. The number of nitrogens with zero attached hydrogens (tertiary/aromatic N) is 3. The Morgan fingerprint density at radius 2 is 2.23 bits per heavy atom. The maximum absolute atomic E-state index is 5.73. The lowest BCUT2D eigenvalue weighted by Gasteiger charge is -1.96. The van der Waals surface area contributed by atoms with Crippen molar-refractivity contribution in [2.24, 2.45) is 0 Å². The van der Waals surface area contributed by atoms with Gasteiger partial charge in [-0.3, -0.25) is 0 Å². The smallest absolute Gasteiger partial charge is 0.210 e. The minimum absolute atomic E-state index is 0.521. The lowest BCUT2D eigenvalue weighted by Crippen LogP contribution is -1.97. The van der Waals surface area contributed by atoms with Crippen LogP contribution in [0.25, 0.3) is 5.13 Å². The highest BCUT2D eigenvalue weighted by molar-refractivity contribution is 7.12. The van der Waals surface area contributed by atoms with Crippen LogP contribution in [0.4, 0.5) is 0 Å². The summed E-state index contributed by atoms with van der Waals surface area (Å²) >= 11 is 7.22. The van der Waals surface area contributed by atoms with E-state index in [0.29, 0.717) is 5.15 Å². The van der Waals surface area contributed by atoms with E-state index in [2.05, 4.69) is 10.1 Å². The van der Waals surface area contributed by atoms with Gasteiger partial charge in [-0.1, -0.05) is 11.6 Å². The molecule has 0 saturated carbocycles. The molecule has 13 heavy (non-hydrogen) atoms. The molecule has 0 spiro atoms. The van der Waals surface area contributed by atoms with Crippen LogP contribution in [0.3, 0.4) is 0 Å². The van der Waals surface area contributed by atoms with E-state index in [9.17, 15) is 0 Å². The number of hydrogen-bond donors (Lipinski definition) is 0. The third-order valence-corrected chi connectivity index (χ3v) is 2.79. The molecule has 0 fully saturated rings. The van der Waals surface area contributed by atoms with E-state index in [1.54, 1.807) is 10.1 Å². The fourth-order valence-corrected chi connectivity index (χ4v) is 2.12. The van der Waals surface area contributed by atoms with Crippen molar-refractivity contribution >= 4 is 22.9 Å². The van der Waals surface area contributed by atoms with Crippen LogP contribution in [-0.4, -0.2) is 14.8 Å². The van der Waals surface area contributed by atoms with Crippen molar-refractivity contribution in [3.8, 4) is 5.13 Å². The molecule has 2 aromatic rings. The van der Waals surface area contributed by atoms with E-state index in [1.165, 1.54) is 11.3 Å². The molecule has 5 heteroatoms. The molecule has 0 aliphatic rings. The van der Waals surface area contributed by atoms with Crippen LogP contribution < -0.4 is 0 Å². The van der Waals surface area contributed by atoms with Crippen LogP contribution in [0.5, 0.6) is 0 Å². The number of thiazole rings is 1. The molecule has 2 aromatic heterocycles. The van der Waals surface area contributed by atoms with Gasteiger partial charge in [-0.25, -0.2) is 9.67 Å². The molecular weight excluding hydrogens is 206 g/mol. The molecule has 0 bridgehead atoms. The van der Waals surface area contributed by atoms with Gasteiger partial charge in [0.1, 0.15) is 5.15 Å². The van der Waals surface area contributed by atoms with E-state index < -0.39 is 0 Å². The van der Waals surface area contributed by atoms with E-state index in [4.69, 9.17) is 11.6 Å². The highest BCUT2D eigenvalue weighted by atomic mass is 35.5. The molecule has 3 nitrogen and oxygen atoms in total. The first-order chi connectivity index (χ1) is 6.16. The van der Waals surface area contributed by atoms with E-state index in [0.717, 1.165) is 16.5 Å². The van der Waals surface area contributed by atoms with Gasteiger partial charge in [-0.15, -0.1) is 11.3 Å². The van der Waals surface area contributed by atoms with Gasteiger partial charge in [0.25, 0.3) is 0 Å². The molecule has 2 heterocycles. The van der Waals surface area contributed by atoms with Crippen LogP contribution >= 0.6 is 22.9 Å². The molecule has 2 rings (SSSR count). The third kappa shape index (κ3) is 1.59. The van der Waals surface area contributed by atoms with Gasteiger partial charge in [0, 0.05) is 11.1 Å². The molecule has 0 N–H and O–H groups in total. The van der Waals surface area contributed by atoms with Crippen molar-refractivity contribution in [2.45, 2.75) is 13.8 Å². The Kier molecular flexibility index (Phi) is 2.09. The first-order valence-corrected chi connectivity index (χ1v) is 5.07. The van der Waals surface area contributed by atoms with E-state index in [-0.39, 0.29) is 0 Å². The molecule has 0 aliphatic carbocycles. The molecule has 0 aliphatic heterocycles. The van der Waals surface area contributed by atoms with E-state index >= 15 is 0 Å². The second-order valence-corrected chi connectivity index (χ2v) is 4.02. The Bertz CT molecular complexity index is 432. The molecule has 0 atom stereocenters. The van der Waals surface area contributed by atoms with Crippen LogP contribution in [0.2, 0.25) is 5.15 Å². The van der Waals surface area contributed by atoms with Gasteiger partial charge in [0.15, 0.2) is 0 Å². The summed E-state index contributed by atoms with van der Waals surface area (Å²) in [5, 5.41) is 7.43. The summed E-state index contributed by atoms with van der Waals surface area (Å²) in [7, 11) is 0. The highest BCUT2D eigenvalue weighted by Crippen LogP contribution is 2.19. The van der Waals surface area contributed by atoms with Gasteiger partial charge in [0.2, 0.25) is 5.13 Å². The van der Waals surface area contributed by atoms with Gasteiger partial charge in [-0.2, -0.15) is 5.10 Å². The molecular formula is C8H8ClN3S. The zero-order valence-corrected chi connectivity index (χ0v) is 8.85. The maximum atomic E-state index is 5.73. The predicted molar refractivity (Wildman–Crippen MR) is 53.7 cm³/mol. The first-order valence-electron chi connectivity index (χ1n) is 3.81. The fourth-order valence-electron chi connectivity index (χ4n) is 1.17. The number of hydrogen-bond acceptors (Lipinski definition) is 3. The SMILES string of the molecule is Cc1cc(C)n(-c2nc(Cl)cs2)n1. The molecule has 0 radical (unpaired) electrons. The largest absolute Gasteiger partial charge is 0.211 e. The lowest BCUT2D eigenvalue weighted by atomic mass is 10.4. The zero-order chi connectivity index (χ0) is 9.42. The summed E-state index contributed by atoms with van der Waals surface area (Å²) in [6.45, 7) is 3.95. The maximum Gasteiger partial charge on any atom is 0.211 e. The molecule has 0 aromatic carbocycles. The fraction of sp³-hybridized carbons (Fsp3) is 0.250. The molecule has 0 saturated heterocycles. The van der Waals surface area contributed by atoms with Crippen molar-refractivity contribution in [3.63, 3.8) is 0 Å². The number of aryl methyl sites for hydroxylation is 2. The Balaban J connectivity index is 2.51. The van der Waals surface area contributed by atoms with Crippen LogP contribution in [-0.2, 0) is 0 Å². The summed E-state index contributed by atoms with van der Waals surface area (Å²) in [6, 6.07) is 2.01. The van der Waals surface area contributed by atoms with Gasteiger partial charge < -0.3 is 0 Å². The second kappa shape index (κ2) is 3.12. The van der Waals surface area contributed by atoms with Gasteiger partial charge in [0.05, 0.1) is 5.69 Å². The van der Waals surface area contributed by atoms with Crippen molar-refractivity contribution in [2.75, 3.05) is 0 Å². The summed E-state index contributed by atoms with van der Waals surface area (Å²) in [4.78, 5) is 4.14. The van der Waals surface area contributed by atoms with Crippen molar-refractivity contribution in [1.29, 1.82) is 0 Å². The average Bonchev–Trinajstić information content (AvgIpc) is 2.58. The summed E-state index contributed by atoms with van der Waals surface area (Å²) in [6.07, 6.45) is 0. The molecule has 0 amide bonds. The van der Waals surface area contributed by atoms with Gasteiger partial charge >= 0.3 is 0 Å². The monoisotopic (exact) mass is 213 g/mol. The summed E-state index contributed by atoms with van der Waals surface area (Å²) in [5.74, 6) is 0. The molecule has 68 valence electrons. The first kappa shape index (κ1) is 8.72. The average molecular weight is 214 g/mol. The Labute approximate surface area is 85.0 Å². The number of rotatable bonds is 1. The van der Waals surface area contributed by atoms with E-state index in [1.807, 2.05) is 19.9 Å². The van der Waals surface area contributed by atoms with Crippen LogP contribution in [0.1, 0.15) is 11.4 Å². The highest BCUT2D eigenvalue weighted by Gasteiger charge is 2.06. The predicted octanol–water partition coefficient (Wildman–Crippen LogP) is 2.60. The second-order valence-electron chi connectivity index (χ2n) is 2.79. The number of halogens is 1. The minimum atomic E-state index is 0.521.